The first-order valence-electron chi connectivity index (χ1n) is 13.9. The molecule has 0 radical (unpaired) electrons. The molecule has 0 unspecified atom stereocenters. The van der Waals surface area contributed by atoms with Gasteiger partial charge in [0.15, 0.2) is 0 Å². The van der Waals surface area contributed by atoms with Crippen molar-refractivity contribution in [2.45, 2.75) is 45.6 Å². The standard InChI is InChI=1S/C34H33F6N2PS/c1-32(2,3)30(42-31(44)21-24-19-25(33(35,36)37)22-26(20-24)34(38,39)40)23-41-43(27-13-7-4-8-14-27,28-15-9-5-10-16-28)29-17-11-6-12-18-29/h4-20,22,30H,21,23H2,1-3H3,(H,42,44)/t30-/m1/s1. The molecular weight excluding hydrogens is 613 g/mol. The van der Waals surface area contributed by atoms with Crippen LogP contribution in [0.1, 0.15) is 37.5 Å². The minimum Gasteiger partial charge on any atom is -0.374 e. The Bertz CT molecular complexity index is 1480. The third-order valence-corrected chi connectivity index (χ3v) is 11.2. The Morgan fingerprint density at radius 2 is 1.07 bits per heavy atom. The molecule has 0 fully saturated rings. The quantitative estimate of drug-likeness (QED) is 0.118. The van der Waals surface area contributed by atoms with Crippen LogP contribution >= 0.6 is 19.3 Å². The van der Waals surface area contributed by atoms with E-state index in [4.69, 9.17) is 17.0 Å². The zero-order valence-corrected chi connectivity index (χ0v) is 26.2. The molecule has 4 aromatic carbocycles. The van der Waals surface area contributed by atoms with E-state index < -0.39 is 35.9 Å². The molecule has 0 heterocycles. The van der Waals surface area contributed by atoms with Gasteiger partial charge in [0.1, 0.15) is 0 Å². The van der Waals surface area contributed by atoms with Gasteiger partial charge in [-0.05, 0) is 29.2 Å². The number of rotatable bonds is 8. The van der Waals surface area contributed by atoms with Crippen molar-refractivity contribution in [2.75, 3.05) is 6.54 Å². The second-order valence-corrected chi connectivity index (χ2v) is 15.1. The highest BCUT2D eigenvalue weighted by Crippen LogP contribution is 2.47. The van der Waals surface area contributed by atoms with Crippen molar-refractivity contribution in [3.05, 3.63) is 126 Å². The van der Waals surface area contributed by atoms with E-state index in [0.717, 1.165) is 28.0 Å². The van der Waals surface area contributed by atoms with Gasteiger partial charge in [-0.1, -0.05) is 124 Å². The molecule has 0 spiro atoms. The molecule has 44 heavy (non-hydrogen) atoms. The zero-order chi connectivity index (χ0) is 32.2. The number of hydrogen-bond donors (Lipinski definition) is 1. The molecule has 0 aromatic heterocycles. The van der Waals surface area contributed by atoms with Gasteiger partial charge >= 0.3 is 12.4 Å². The van der Waals surface area contributed by atoms with Gasteiger partial charge in [-0.15, -0.1) is 0 Å². The lowest BCUT2D eigenvalue weighted by atomic mass is 9.86. The van der Waals surface area contributed by atoms with Gasteiger partial charge in [-0.2, -0.15) is 26.3 Å². The van der Waals surface area contributed by atoms with Crippen molar-refractivity contribution >= 4 is 40.2 Å². The lowest BCUT2D eigenvalue weighted by molar-refractivity contribution is -0.143. The highest BCUT2D eigenvalue weighted by molar-refractivity contribution is 7.87. The summed E-state index contributed by atoms with van der Waals surface area (Å²) in [5, 5.41) is 6.40. The number of halogens is 6. The lowest BCUT2D eigenvalue weighted by Crippen LogP contribution is -2.46. The van der Waals surface area contributed by atoms with E-state index in [-0.39, 0.29) is 35.6 Å². The van der Waals surface area contributed by atoms with E-state index in [1.807, 2.05) is 75.4 Å². The summed E-state index contributed by atoms with van der Waals surface area (Å²) >= 11 is 5.54. The Hall–Kier alpha value is -3.42. The van der Waals surface area contributed by atoms with Crippen molar-refractivity contribution in [3.63, 3.8) is 0 Å². The van der Waals surface area contributed by atoms with Crippen LogP contribution in [-0.4, -0.2) is 17.6 Å². The van der Waals surface area contributed by atoms with E-state index in [9.17, 15) is 26.3 Å². The molecule has 0 saturated carbocycles. The Labute approximate surface area is 259 Å². The molecule has 0 aliphatic rings. The zero-order valence-electron chi connectivity index (χ0n) is 24.5. The molecule has 4 aromatic rings. The maximum Gasteiger partial charge on any atom is 0.416 e. The fraction of sp³-hybridized carbons (Fsp3) is 0.265. The topological polar surface area (TPSA) is 24.4 Å². The number of nitrogens with one attached hydrogen (secondary N) is 1. The molecule has 1 atom stereocenters. The second kappa shape index (κ2) is 13.3. The summed E-state index contributed by atoms with van der Waals surface area (Å²) < 4.78 is 86.2. The molecule has 4 rings (SSSR count). The van der Waals surface area contributed by atoms with Crippen molar-refractivity contribution in [2.24, 2.45) is 10.2 Å². The lowest BCUT2D eigenvalue weighted by Gasteiger charge is -2.34. The van der Waals surface area contributed by atoms with E-state index in [0.29, 0.717) is 0 Å². The molecule has 0 aliphatic heterocycles. The van der Waals surface area contributed by atoms with Crippen LogP contribution in [0.4, 0.5) is 26.3 Å². The van der Waals surface area contributed by atoms with Crippen molar-refractivity contribution in [3.8, 4) is 0 Å². The summed E-state index contributed by atoms with van der Waals surface area (Å²) in [6.07, 6.45) is -10.2. The van der Waals surface area contributed by atoms with Crippen molar-refractivity contribution in [1.29, 1.82) is 0 Å². The van der Waals surface area contributed by atoms with Crippen LogP contribution < -0.4 is 21.2 Å². The number of hydrogen-bond acceptors (Lipinski definition) is 2. The fourth-order valence-corrected chi connectivity index (χ4v) is 8.83. The molecular formula is C34H33F6N2PS. The molecule has 0 bridgehead atoms. The molecule has 0 amide bonds. The molecule has 0 aliphatic carbocycles. The minimum absolute atomic E-state index is 0.122. The summed E-state index contributed by atoms with van der Waals surface area (Å²) in [6.45, 7) is 6.25. The number of benzene rings is 4. The monoisotopic (exact) mass is 646 g/mol. The van der Waals surface area contributed by atoms with E-state index in [1.165, 1.54) is 0 Å². The van der Waals surface area contributed by atoms with Gasteiger partial charge in [0.25, 0.3) is 0 Å². The van der Waals surface area contributed by atoms with Crippen LogP contribution in [0.15, 0.2) is 114 Å². The van der Waals surface area contributed by atoms with Gasteiger partial charge in [0.2, 0.25) is 0 Å². The Morgan fingerprint density at radius 3 is 1.41 bits per heavy atom. The summed E-state index contributed by atoms with van der Waals surface area (Å²) in [5.74, 6) is 0. The molecule has 10 heteroatoms. The third-order valence-electron chi connectivity index (χ3n) is 7.26. The van der Waals surface area contributed by atoms with Gasteiger partial charge in [0.05, 0.1) is 35.8 Å². The Balaban J connectivity index is 1.75. The molecule has 232 valence electrons. The summed E-state index contributed by atoms with van der Waals surface area (Å²) in [5.41, 5.74) is -3.32. The van der Waals surface area contributed by atoms with E-state index in [1.54, 1.807) is 0 Å². The first kappa shape index (κ1) is 33.5. The minimum atomic E-state index is -4.93. The normalized spacial score (nSPS) is 13.3. The van der Waals surface area contributed by atoms with Crippen molar-refractivity contribution < 1.29 is 26.3 Å². The number of nitrogens with zero attached hydrogens (tertiary/aromatic N) is 1. The second-order valence-electron chi connectivity index (χ2n) is 11.5. The number of thiocarbonyl (C=S) groups is 1. The van der Waals surface area contributed by atoms with Crippen LogP contribution in [0, 0.1) is 5.41 Å². The Kier molecular flexibility index (Phi) is 10.1. The van der Waals surface area contributed by atoms with Crippen LogP contribution in [-0.2, 0) is 18.8 Å². The molecule has 2 nitrogen and oxygen atoms in total. The average molecular weight is 647 g/mol. The molecule has 0 saturated heterocycles. The van der Waals surface area contributed by atoms with Gasteiger partial charge in [0, 0.05) is 22.3 Å². The maximum absolute atomic E-state index is 13.4. The van der Waals surface area contributed by atoms with Crippen LogP contribution in [0.2, 0.25) is 0 Å². The van der Waals surface area contributed by atoms with Gasteiger partial charge in [-0.25, -0.2) is 0 Å². The molecule has 1 N–H and O–H groups in total. The highest BCUT2D eigenvalue weighted by Gasteiger charge is 2.37. The first-order valence-corrected chi connectivity index (χ1v) is 16.1. The summed E-state index contributed by atoms with van der Waals surface area (Å²) in [4.78, 5) is 0.135. The van der Waals surface area contributed by atoms with E-state index >= 15 is 0 Å². The summed E-state index contributed by atoms with van der Waals surface area (Å²) in [7, 11) is -2.55. The van der Waals surface area contributed by atoms with Gasteiger partial charge in [-0.3, -0.25) is 4.74 Å². The fourth-order valence-electron chi connectivity index (χ4n) is 4.92. The number of alkyl halides is 6. The van der Waals surface area contributed by atoms with Crippen LogP contribution in [0.5, 0.6) is 0 Å². The predicted molar refractivity (Wildman–Crippen MR) is 172 cm³/mol. The largest absolute Gasteiger partial charge is 0.416 e. The Morgan fingerprint density at radius 1 is 0.682 bits per heavy atom. The van der Waals surface area contributed by atoms with Crippen molar-refractivity contribution in [1.82, 2.24) is 5.32 Å². The van der Waals surface area contributed by atoms with Crippen LogP contribution in [0.25, 0.3) is 0 Å². The maximum atomic E-state index is 13.4. The predicted octanol–water partition coefficient (Wildman–Crippen LogP) is 8.78. The van der Waals surface area contributed by atoms with Gasteiger partial charge < -0.3 is 5.32 Å². The average Bonchev–Trinajstić information content (AvgIpc) is 2.97. The third kappa shape index (κ3) is 7.99. The highest BCUT2D eigenvalue weighted by atomic mass is 32.1. The smallest absolute Gasteiger partial charge is 0.374 e. The first-order chi connectivity index (χ1) is 20.6. The van der Waals surface area contributed by atoms with Crippen LogP contribution in [0.3, 0.4) is 0 Å². The van der Waals surface area contributed by atoms with E-state index in [2.05, 4.69) is 41.7 Å². The summed E-state index contributed by atoms with van der Waals surface area (Å²) in [6, 6.07) is 31.3. The SMILES string of the molecule is CC(C)(C)[C@@H](CN=P(c1ccccc1)(c1ccccc1)c1ccccc1)NC(=S)Cc1cc(C(F)(F)F)cc(C(F)(F)F)c1.